The van der Waals surface area contributed by atoms with Crippen molar-refractivity contribution in [3.63, 3.8) is 0 Å². The number of halogens is 1. The Labute approximate surface area is 108 Å². The van der Waals surface area contributed by atoms with Gasteiger partial charge in [-0.05, 0) is 42.8 Å². The Hall–Kier alpha value is -1.61. The molecule has 0 N–H and O–H groups in total. The third-order valence-electron chi connectivity index (χ3n) is 2.92. The van der Waals surface area contributed by atoms with Gasteiger partial charge in [-0.2, -0.15) is 0 Å². The Morgan fingerprint density at radius 1 is 1.18 bits per heavy atom. The van der Waals surface area contributed by atoms with Crippen LogP contribution >= 0.6 is 15.9 Å². The molecule has 0 unspecified atom stereocenters. The summed E-state index contributed by atoms with van der Waals surface area (Å²) in [7, 11) is 0. The molecule has 3 aromatic rings. The molecule has 0 bridgehead atoms. The van der Waals surface area contributed by atoms with Gasteiger partial charge < -0.3 is 4.57 Å². The second kappa shape index (κ2) is 4.00. The number of hydrogen-bond donors (Lipinski definition) is 0. The Kier molecular flexibility index (Phi) is 2.48. The van der Waals surface area contributed by atoms with Crippen LogP contribution in [0.2, 0.25) is 0 Å². The van der Waals surface area contributed by atoms with E-state index in [1.807, 2.05) is 18.5 Å². The van der Waals surface area contributed by atoms with Crippen molar-refractivity contribution in [3.8, 4) is 5.69 Å². The molecule has 3 heteroatoms. The van der Waals surface area contributed by atoms with Crippen molar-refractivity contribution in [1.82, 2.24) is 9.55 Å². The quantitative estimate of drug-likeness (QED) is 0.659. The molecule has 0 amide bonds. The minimum absolute atomic E-state index is 1.10. The van der Waals surface area contributed by atoms with Crippen LogP contribution in [-0.4, -0.2) is 9.55 Å². The van der Waals surface area contributed by atoms with Gasteiger partial charge in [0.15, 0.2) is 0 Å². The Morgan fingerprint density at radius 2 is 2.06 bits per heavy atom. The molecular weight excluding hydrogens is 276 g/mol. The Morgan fingerprint density at radius 3 is 2.88 bits per heavy atom. The Balaban J connectivity index is 2.29. The number of pyridine rings is 1. The van der Waals surface area contributed by atoms with E-state index in [1.165, 1.54) is 16.5 Å². The van der Waals surface area contributed by atoms with Crippen LogP contribution in [0.4, 0.5) is 0 Å². The van der Waals surface area contributed by atoms with Crippen LogP contribution in [0.3, 0.4) is 0 Å². The molecule has 0 atom stereocenters. The van der Waals surface area contributed by atoms with Crippen molar-refractivity contribution in [2.45, 2.75) is 6.92 Å². The molecule has 2 aromatic heterocycles. The van der Waals surface area contributed by atoms with Crippen LogP contribution in [0.25, 0.3) is 16.6 Å². The number of hydrogen-bond acceptors (Lipinski definition) is 1. The molecule has 84 valence electrons. The van der Waals surface area contributed by atoms with Crippen LogP contribution in [-0.2, 0) is 0 Å². The highest BCUT2D eigenvalue weighted by molar-refractivity contribution is 9.10. The first-order valence-electron chi connectivity index (χ1n) is 5.43. The van der Waals surface area contributed by atoms with E-state index < -0.39 is 0 Å². The lowest BCUT2D eigenvalue weighted by molar-refractivity contribution is 1.07. The van der Waals surface area contributed by atoms with Gasteiger partial charge in [-0.3, -0.25) is 4.98 Å². The van der Waals surface area contributed by atoms with Crippen molar-refractivity contribution >= 4 is 26.8 Å². The lowest BCUT2D eigenvalue weighted by Gasteiger charge is -2.08. The van der Waals surface area contributed by atoms with Gasteiger partial charge in [0, 0.05) is 22.3 Å². The molecule has 0 aliphatic carbocycles. The van der Waals surface area contributed by atoms with E-state index in [0.29, 0.717) is 0 Å². The lowest BCUT2D eigenvalue weighted by Crippen LogP contribution is -1.95. The fourth-order valence-corrected chi connectivity index (χ4v) is 2.41. The molecular formula is C14H11BrN2. The van der Waals surface area contributed by atoms with Crippen LogP contribution < -0.4 is 0 Å². The average molecular weight is 287 g/mol. The number of aryl methyl sites for hydroxylation is 1. The van der Waals surface area contributed by atoms with Crippen molar-refractivity contribution in [2.75, 3.05) is 0 Å². The summed E-state index contributed by atoms with van der Waals surface area (Å²) >= 11 is 3.49. The third kappa shape index (κ3) is 1.76. The van der Waals surface area contributed by atoms with E-state index in [9.17, 15) is 0 Å². The number of fused-ring (bicyclic) bond motifs is 1. The van der Waals surface area contributed by atoms with E-state index in [0.717, 1.165) is 10.2 Å². The minimum Gasteiger partial charge on any atom is -0.315 e. The minimum atomic E-state index is 1.10. The van der Waals surface area contributed by atoms with Crippen LogP contribution in [0.15, 0.2) is 53.4 Å². The highest BCUT2D eigenvalue weighted by Crippen LogP contribution is 2.24. The van der Waals surface area contributed by atoms with Crippen LogP contribution in [0, 0.1) is 6.92 Å². The van der Waals surface area contributed by atoms with Crippen LogP contribution in [0.5, 0.6) is 0 Å². The van der Waals surface area contributed by atoms with Crippen molar-refractivity contribution < 1.29 is 0 Å². The van der Waals surface area contributed by atoms with Crippen molar-refractivity contribution in [2.24, 2.45) is 0 Å². The molecule has 0 radical (unpaired) electrons. The fraction of sp³-hybridized carbons (Fsp3) is 0.0714. The summed E-state index contributed by atoms with van der Waals surface area (Å²) < 4.78 is 3.27. The van der Waals surface area contributed by atoms with E-state index in [4.69, 9.17) is 0 Å². The maximum absolute atomic E-state index is 4.20. The molecule has 0 saturated carbocycles. The molecule has 2 nitrogen and oxygen atoms in total. The molecule has 0 spiro atoms. The van der Waals surface area contributed by atoms with E-state index >= 15 is 0 Å². The summed E-state index contributed by atoms with van der Waals surface area (Å²) in [5.74, 6) is 0. The second-order valence-corrected chi connectivity index (χ2v) is 4.97. The van der Waals surface area contributed by atoms with E-state index in [1.54, 1.807) is 0 Å². The summed E-state index contributed by atoms with van der Waals surface area (Å²) in [6, 6.07) is 10.4. The van der Waals surface area contributed by atoms with Gasteiger partial charge >= 0.3 is 0 Å². The number of nitrogens with zero attached hydrogens (tertiary/aromatic N) is 2. The summed E-state index contributed by atoms with van der Waals surface area (Å²) in [5, 5.41) is 1.22. The monoisotopic (exact) mass is 286 g/mol. The average Bonchev–Trinajstić information content (AvgIpc) is 2.72. The predicted molar refractivity (Wildman–Crippen MR) is 73.5 cm³/mol. The molecule has 0 aliphatic rings. The summed E-state index contributed by atoms with van der Waals surface area (Å²) in [4.78, 5) is 4.20. The first kappa shape index (κ1) is 10.5. The van der Waals surface area contributed by atoms with Gasteiger partial charge in [0.25, 0.3) is 0 Å². The number of benzene rings is 1. The lowest BCUT2D eigenvalue weighted by atomic mass is 10.2. The topological polar surface area (TPSA) is 17.8 Å². The molecule has 0 aliphatic heterocycles. The smallest absolute Gasteiger partial charge is 0.0668 e. The first-order valence-corrected chi connectivity index (χ1v) is 6.22. The highest BCUT2D eigenvalue weighted by Gasteiger charge is 2.05. The summed E-state index contributed by atoms with van der Waals surface area (Å²) in [5.41, 5.74) is 3.55. The number of aromatic nitrogens is 2. The van der Waals surface area contributed by atoms with Crippen LogP contribution in [0.1, 0.15) is 5.56 Å². The van der Waals surface area contributed by atoms with Crippen molar-refractivity contribution in [3.05, 3.63) is 59.0 Å². The fourth-order valence-electron chi connectivity index (χ4n) is 2.03. The number of rotatable bonds is 1. The normalized spacial score (nSPS) is 10.9. The molecule has 0 saturated heterocycles. The maximum Gasteiger partial charge on any atom is 0.0668 e. The summed E-state index contributed by atoms with van der Waals surface area (Å²) in [6.07, 6.45) is 5.80. The van der Waals surface area contributed by atoms with Gasteiger partial charge in [-0.25, -0.2) is 0 Å². The van der Waals surface area contributed by atoms with Gasteiger partial charge in [-0.15, -0.1) is 0 Å². The molecule has 3 rings (SSSR count). The van der Waals surface area contributed by atoms with E-state index in [-0.39, 0.29) is 0 Å². The van der Waals surface area contributed by atoms with E-state index in [2.05, 4.69) is 62.9 Å². The largest absolute Gasteiger partial charge is 0.315 e. The first-order chi connectivity index (χ1) is 8.25. The predicted octanol–water partition coefficient (Wildman–Crippen LogP) is 4.10. The van der Waals surface area contributed by atoms with Crippen molar-refractivity contribution in [1.29, 1.82) is 0 Å². The SMILES string of the molecule is Cc1ccncc1-n1ccc2cc(Br)ccc21. The summed E-state index contributed by atoms with van der Waals surface area (Å²) in [6.45, 7) is 2.10. The van der Waals surface area contributed by atoms with Gasteiger partial charge in [0.1, 0.15) is 0 Å². The molecule has 17 heavy (non-hydrogen) atoms. The second-order valence-electron chi connectivity index (χ2n) is 4.05. The zero-order chi connectivity index (χ0) is 11.8. The maximum atomic E-state index is 4.20. The highest BCUT2D eigenvalue weighted by atomic mass is 79.9. The molecule has 2 heterocycles. The molecule has 1 aromatic carbocycles. The van der Waals surface area contributed by atoms with Gasteiger partial charge in [-0.1, -0.05) is 15.9 Å². The zero-order valence-corrected chi connectivity index (χ0v) is 11.0. The third-order valence-corrected chi connectivity index (χ3v) is 3.42. The molecule has 0 fully saturated rings. The zero-order valence-electron chi connectivity index (χ0n) is 9.39. The Bertz CT molecular complexity index is 686. The van der Waals surface area contributed by atoms with Gasteiger partial charge in [0.2, 0.25) is 0 Å². The van der Waals surface area contributed by atoms with Gasteiger partial charge in [0.05, 0.1) is 17.4 Å². The standard InChI is InChI=1S/C14H11BrN2/c1-10-4-6-16-9-14(10)17-7-5-11-8-12(15)2-3-13(11)17/h2-9H,1H3.